The second-order valence-electron chi connectivity index (χ2n) is 4.86. The van der Waals surface area contributed by atoms with Gasteiger partial charge in [0.05, 0.1) is 16.8 Å². The molecule has 0 radical (unpaired) electrons. The molecule has 0 saturated carbocycles. The first kappa shape index (κ1) is 14.6. The molecular formula is C19H12FNO2. The van der Waals surface area contributed by atoms with Gasteiger partial charge in [0.25, 0.3) is 0 Å². The molecule has 3 aromatic rings. The van der Waals surface area contributed by atoms with Crippen LogP contribution in [0.15, 0.2) is 67.0 Å². The Morgan fingerprint density at radius 1 is 1.00 bits per heavy atom. The van der Waals surface area contributed by atoms with Crippen molar-refractivity contribution in [2.75, 3.05) is 0 Å². The maximum atomic E-state index is 13.8. The summed E-state index contributed by atoms with van der Waals surface area (Å²) in [7, 11) is 0. The van der Waals surface area contributed by atoms with E-state index >= 15 is 0 Å². The average Bonchev–Trinajstić information content (AvgIpc) is 3.07. The SMILES string of the molecule is O=C(O)c1cc(F)cc(C#Cc2ccccc2)c1-n1cccc1. The van der Waals surface area contributed by atoms with Crippen LogP contribution in [0.2, 0.25) is 0 Å². The maximum absolute atomic E-state index is 13.8. The molecule has 0 amide bonds. The normalized spacial score (nSPS) is 9.96. The maximum Gasteiger partial charge on any atom is 0.337 e. The van der Waals surface area contributed by atoms with Crippen LogP contribution < -0.4 is 0 Å². The van der Waals surface area contributed by atoms with E-state index in [1.165, 1.54) is 6.07 Å². The van der Waals surface area contributed by atoms with Gasteiger partial charge < -0.3 is 9.67 Å². The van der Waals surface area contributed by atoms with Gasteiger partial charge in [-0.3, -0.25) is 0 Å². The topological polar surface area (TPSA) is 42.2 Å². The van der Waals surface area contributed by atoms with Crippen LogP contribution in [-0.2, 0) is 0 Å². The summed E-state index contributed by atoms with van der Waals surface area (Å²) in [5, 5.41) is 9.37. The molecule has 3 nitrogen and oxygen atoms in total. The zero-order valence-electron chi connectivity index (χ0n) is 12.0. The Labute approximate surface area is 132 Å². The first-order valence-electron chi connectivity index (χ1n) is 6.92. The third kappa shape index (κ3) is 3.14. The standard InChI is InChI=1S/C19H12FNO2/c20-16-12-15(9-8-14-6-2-1-3-7-14)18(17(13-16)19(22)23)21-10-4-5-11-21/h1-7,10-13H,(H,22,23). The zero-order valence-corrected chi connectivity index (χ0v) is 12.0. The molecule has 0 aliphatic heterocycles. The Morgan fingerprint density at radius 3 is 2.35 bits per heavy atom. The van der Waals surface area contributed by atoms with E-state index in [-0.39, 0.29) is 5.56 Å². The van der Waals surface area contributed by atoms with Gasteiger partial charge in [-0.1, -0.05) is 30.0 Å². The molecule has 2 aromatic carbocycles. The summed E-state index contributed by atoms with van der Waals surface area (Å²) in [4.78, 5) is 11.5. The Bertz CT molecular complexity index is 904. The second kappa shape index (κ2) is 6.20. The van der Waals surface area contributed by atoms with E-state index in [1.54, 1.807) is 29.1 Å². The van der Waals surface area contributed by atoms with Crippen LogP contribution in [0.1, 0.15) is 21.5 Å². The lowest BCUT2D eigenvalue weighted by atomic mass is 10.1. The van der Waals surface area contributed by atoms with Crippen molar-refractivity contribution in [2.24, 2.45) is 0 Å². The molecule has 0 fully saturated rings. The largest absolute Gasteiger partial charge is 0.478 e. The van der Waals surface area contributed by atoms with Gasteiger partial charge in [0.2, 0.25) is 0 Å². The average molecular weight is 305 g/mol. The van der Waals surface area contributed by atoms with Crippen molar-refractivity contribution in [1.82, 2.24) is 4.57 Å². The molecule has 1 heterocycles. The number of aromatic carboxylic acids is 1. The molecule has 4 heteroatoms. The molecule has 3 rings (SSSR count). The van der Waals surface area contributed by atoms with Gasteiger partial charge in [-0.25, -0.2) is 9.18 Å². The highest BCUT2D eigenvalue weighted by molar-refractivity contribution is 5.93. The number of benzene rings is 2. The highest BCUT2D eigenvalue weighted by atomic mass is 19.1. The van der Waals surface area contributed by atoms with Crippen molar-refractivity contribution in [3.8, 4) is 17.5 Å². The zero-order chi connectivity index (χ0) is 16.2. The minimum Gasteiger partial charge on any atom is -0.478 e. The number of hydrogen-bond acceptors (Lipinski definition) is 1. The fraction of sp³-hybridized carbons (Fsp3) is 0. The minimum atomic E-state index is -1.20. The van der Waals surface area contributed by atoms with Crippen LogP contribution in [-0.4, -0.2) is 15.6 Å². The summed E-state index contributed by atoms with van der Waals surface area (Å²) >= 11 is 0. The number of rotatable bonds is 2. The third-order valence-electron chi connectivity index (χ3n) is 3.28. The number of aromatic nitrogens is 1. The van der Waals surface area contributed by atoms with Gasteiger partial charge in [-0.2, -0.15) is 0 Å². The van der Waals surface area contributed by atoms with Gasteiger partial charge in [-0.15, -0.1) is 0 Å². The summed E-state index contributed by atoms with van der Waals surface area (Å²) in [6, 6.07) is 15.0. The molecule has 23 heavy (non-hydrogen) atoms. The minimum absolute atomic E-state index is 0.126. The van der Waals surface area contributed by atoms with E-state index in [2.05, 4.69) is 11.8 Å². The number of carbonyl (C=O) groups is 1. The van der Waals surface area contributed by atoms with Crippen LogP contribution in [0, 0.1) is 17.7 Å². The predicted octanol–water partition coefficient (Wildman–Crippen LogP) is 3.71. The van der Waals surface area contributed by atoms with Gasteiger partial charge in [0.1, 0.15) is 5.82 Å². The monoisotopic (exact) mass is 305 g/mol. The van der Waals surface area contributed by atoms with Gasteiger partial charge in [-0.05, 0) is 36.4 Å². The van der Waals surface area contributed by atoms with E-state index in [9.17, 15) is 14.3 Å². The first-order chi connectivity index (χ1) is 11.1. The molecule has 0 spiro atoms. The number of halogens is 1. The quantitative estimate of drug-likeness (QED) is 0.733. The highest BCUT2D eigenvalue weighted by Crippen LogP contribution is 2.22. The second-order valence-corrected chi connectivity index (χ2v) is 4.86. The van der Waals surface area contributed by atoms with E-state index in [0.29, 0.717) is 11.3 Å². The van der Waals surface area contributed by atoms with Gasteiger partial charge >= 0.3 is 5.97 Å². The molecule has 112 valence electrons. The number of nitrogens with zero attached hydrogens (tertiary/aromatic N) is 1. The van der Waals surface area contributed by atoms with Crippen molar-refractivity contribution >= 4 is 5.97 Å². The molecule has 0 aliphatic carbocycles. The van der Waals surface area contributed by atoms with E-state index in [4.69, 9.17) is 0 Å². The lowest BCUT2D eigenvalue weighted by Crippen LogP contribution is -2.07. The Balaban J connectivity index is 2.20. The van der Waals surface area contributed by atoms with Crippen molar-refractivity contribution in [3.63, 3.8) is 0 Å². The van der Waals surface area contributed by atoms with Crippen molar-refractivity contribution < 1.29 is 14.3 Å². The summed E-state index contributed by atoms with van der Waals surface area (Å²) in [6.45, 7) is 0. The molecule has 1 N–H and O–H groups in total. The summed E-state index contributed by atoms with van der Waals surface area (Å²) in [5.74, 6) is 3.99. The Morgan fingerprint density at radius 2 is 1.70 bits per heavy atom. The van der Waals surface area contributed by atoms with Crippen molar-refractivity contribution in [1.29, 1.82) is 0 Å². The molecule has 0 saturated heterocycles. The molecule has 0 unspecified atom stereocenters. The van der Waals surface area contributed by atoms with Crippen molar-refractivity contribution in [3.05, 3.63) is 89.5 Å². The molecular weight excluding hydrogens is 293 g/mol. The third-order valence-corrected chi connectivity index (χ3v) is 3.28. The Hall–Kier alpha value is -3.32. The van der Waals surface area contributed by atoms with Crippen LogP contribution in [0.25, 0.3) is 5.69 Å². The number of hydrogen-bond donors (Lipinski definition) is 1. The molecule has 0 bridgehead atoms. The van der Waals surface area contributed by atoms with Crippen molar-refractivity contribution in [2.45, 2.75) is 0 Å². The van der Waals surface area contributed by atoms with Crippen LogP contribution >= 0.6 is 0 Å². The van der Waals surface area contributed by atoms with Crippen LogP contribution in [0.4, 0.5) is 4.39 Å². The first-order valence-corrected chi connectivity index (χ1v) is 6.92. The fourth-order valence-electron chi connectivity index (χ4n) is 2.28. The summed E-state index contributed by atoms with van der Waals surface area (Å²) < 4.78 is 15.4. The number of carboxylic acid groups (broad SMARTS) is 1. The smallest absolute Gasteiger partial charge is 0.337 e. The van der Waals surface area contributed by atoms with E-state index in [0.717, 1.165) is 11.6 Å². The summed E-state index contributed by atoms with van der Waals surface area (Å²) in [6.07, 6.45) is 3.40. The van der Waals surface area contributed by atoms with Gasteiger partial charge in [0, 0.05) is 18.0 Å². The van der Waals surface area contributed by atoms with Crippen LogP contribution in [0.3, 0.4) is 0 Å². The van der Waals surface area contributed by atoms with E-state index < -0.39 is 11.8 Å². The fourth-order valence-corrected chi connectivity index (χ4v) is 2.28. The Kier molecular flexibility index (Phi) is 3.94. The van der Waals surface area contributed by atoms with Gasteiger partial charge in [0.15, 0.2) is 0 Å². The molecule has 0 atom stereocenters. The van der Waals surface area contributed by atoms with E-state index in [1.807, 2.05) is 30.3 Å². The highest BCUT2D eigenvalue weighted by Gasteiger charge is 2.16. The van der Waals surface area contributed by atoms with Crippen LogP contribution in [0.5, 0.6) is 0 Å². The predicted molar refractivity (Wildman–Crippen MR) is 85.1 cm³/mol. The molecule has 1 aromatic heterocycles. The lowest BCUT2D eigenvalue weighted by molar-refractivity contribution is 0.0696. The lowest BCUT2D eigenvalue weighted by Gasteiger charge is -2.10. The molecule has 0 aliphatic rings. The number of carboxylic acids is 1. The summed E-state index contributed by atoms with van der Waals surface area (Å²) in [5.41, 5.74) is 1.32.